The molecule has 0 aliphatic carbocycles. The maximum Gasteiger partial charge on any atom is 0.433 e. The van der Waals surface area contributed by atoms with Crippen molar-refractivity contribution in [2.24, 2.45) is 0 Å². The van der Waals surface area contributed by atoms with E-state index in [0.717, 1.165) is 30.9 Å². The highest BCUT2D eigenvalue weighted by atomic mass is 35.5. The van der Waals surface area contributed by atoms with Crippen molar-refractivity contribution < 1.29 is 40.0 Å². The number of halogens is 10. The lowest BCUT2D eigenvalue weighted by atomic mass is 10.0. The summed E-state index contributed by atoms with van der Waals surface area (Å²) >= 11 is 11.2. The molecule has 0 atom stereocenters. The third-order valence-electron chi connectivity index (χ3n) is 7.69. The van der Waals surface area contributed by atoms with Gasteiger partial charge in [0.1, 0.15) is 16.7 Å². The van der Waals surface area contributed by atoms with Crippen molar-refractivity contribution in [3.8, 4) is 22.3 Å². The molecule has 4 aromatic rings. The molecule has 2 aromatic carbocycles. The third kappa shape index (κ3) is 6.61. The van der Waals surface area contributed by atoms with Crippen molar-refractivity contribution >= 4 is 28.9 Å². The summed E-state index contributed by atoms with van der Waals surface area (Å²) in [7, 11) is 0. The first kappa shape index (κ1) is 36.7. The predicted octanol–water partition coefficient (Wildman–Crippen LogP) is 8.39. The van der Waals surface area contributed by atoms with Gasteiger partial charge in [-0.05, 0) is 43.9 Å². The van der Waals surface area contributed by atoms with E-state index in [9.17, 15) is 54.8 Å². The highest BCUT2D eigenvalue weighted by molar-refractivity contribution is 6.32. The smallest absolute Gasteiger partial charge is 0.277 e. The number of alkyl halides is 6. The third-order valence-corrected chi connectivity index (χ3v) is 8.23. The van der Waals surface area contributed by atoms with E-state index in [1.807, 2.05) is 0 Å². The molecule has 0 bridgehead atoms. The van der Waals surface area contributed by atoms with Gasteiger partial charge in [-0.1, -0.05) is 30.6 Å². The van der Waals surface area contributed by atoms with E-state index in [2.05, 4.69) is 0 Å². The molecule has 0 saturated carbocycles. The van der Waals surface area contributed by atoms with E-state index < -0.39 is 78.8 Å². The molecule has 19 heteroatoms. The van der Waals surface area contributed by atoms with Crippen LogP contribution in [0, 0.1) is 21.7 Å². The predicted molar refractivity (Wildman–Crippen MR) is 160 cm³/mol. The molecule has 2 aliphatic heterocycles. The van der Waals surface area contributed by atoms with Gasteiger partial charge in [0.05, 0.1) is 16.1 Å². The summed E-state index contributed by atoms with van der Waals surface area (Å²) in [5.41, 5.74) is -7.81. The minimum absolute atomic E-state index is 0. The first-order chi connectivity index (χ1) is 21.9. The number of rotatable bonds is 3. The molecule has 0 N–H and O–H groups in total. The molecule has 0 saturated heterocycles. The van der Waals surface area contributed by atoms with Gasteiger partial charge >= 0.3 is 12.4 Å². The van der Waals surface area contributed by atoms with E-state index in [-0.39, 0.29) is 44.2 Å². The Kier molecular flexibility index (Phi) is 10.3. The number of hydrogen-bond donors (Lipinski definition) is 0. The molecule has 6 rings (SSSR count). The Labute approximate surface area is 275 Å². The first-order valence-corrected chi connectivity index (χ1v) is 14.6. The topological polar surface area (TPSA) is 97.0 Å². The lowest BCUT2D eigenvalue weighted by Gasteiger charge is -2.20. The zero-order chi connectivity index (χ0) is 34.6. The fourth-order valence-corrected chi connectivity index (χ4v) is 6.14. The van der Waals surface area contributed by atoms with E-state index in [4.69, 9.17) is 23.2 Å². The van der Waals surface area contributed by atoms with Gasteiger partial charge in [-0.25, -0.2) is 18.1 Å². The zero-order valence-electron chi connectivity index (χ0n) is 23.7. The molecular weight excluding hydrogens is 705 g/mol. The molecule has 48 heavy (non-hydrogen) atoms. The van der Waals surface area contributed by atoms with Gasteiger partial charge in [0.25, 0.3) is 16.8 Å². The van der Waals surface area contributed by atoms with Crippen molar-refractivity contribution in [1.82, 2.24) is 18.7 Å². The normalized spacial score (nSPS) is 14.4. The lowest BCUT2D eigenvalue weighted by molar-refractivity contribution is -0.384. The van der Waals surface area contributed by atoms with Crippen LogP contribution >= 0.6 is 23.2 Å². The second-order valence-electron chi connectivity index (χ2n) is 10.6. The number of nitro groups is 1. The van der Waals surface area contributed by atoms with Crippen LogP contribution in [0.5, 0.6) is 0 Å². The van der Waals surface area contributed by atoms with Crippen LogP contribution < -0.4 is 11.1 Å². The summed E-state index contributed by atoms with van der Waals surface area (Å²) in [5, 5.41) is 10.5. The largest absolute Gasteiger partial charge is 0.433 e. The fourth-order valence-electron chi connectivity index (χ4n) is 5.76. The number of fused-ring (bicyclic) bond motifs is 2. The quantitative estimate of drug-likeness (QED) is 0.120. The number of benzene rings is 2. The monoisotopic (exact) mass is 729 g/mol. The molecular formula is C29H25Cl2F8N5O4. The van der Waals surface area contributed by atoms with Crippen molar-refractivity contribution in [3.05, 3.63) is 94.2 Å². The minimum atomic E-state index is -4.93. The average molecular weight is 730 g/mol. The molecule has 2 aromatic heterocycles. The van der Waals surface area contributed by atoms with Gasteiger partial charge in [-0.2, -0.15) is 26.3 Å². The lowest BCUT2D eigenvalue weighted by Crippen LogP contribution is -2.28. The van der Waals surface area contributed by atoms with Crippen LogP contribution in [0.4, 0.5) is 40.8 Å². The molecule has 4 heterocycles. The summed E-state index contributed by atoms with van der Waals surface area (Å²) in [6.07, 6.45) is -7.59. The van der Waals surface area contributed by atoms with Gasteiger partial charge < -0.3 is 0 Å². The minimum Gasteiger partial charge on any atom is -0.277 e. The van der Waals surface area contributed by atoms with Crippen molar-refractivity contribution in [1.29, 1.82) is 0 Å². The Bertz CT molecular complexity index is 2010. The Morgan fingerprint density at radius 2 is 1.08 bits per heavy atom. The van der Waals surface area contributed by atoms with Crippen LogP contribution in [0.25, 0.3) is 22.3 Å². The van der Waals surface area contributed by atoms with E-state index >= 15 is 0 Å². The molecule has 0 spiro atoms. The molecule has 9 nitrogen and oxygen atoms in total. The summed E-state index contributed by atoms with van der Waals surface area (Å²) in [6, 6.07) is 4.38. The van der Waals surface area contributed by atoms with Crippen molar-refractivity contribution in [2.75, 3.05) is 0 Å². The Hall–Kier alpha value is -4.12. The van der Waals surface area contributed by atoms with Crippen LogP contribution in [0.2, 0.25) is 10.0 Å². The standard InChI is InChI=1S/C14H10ClF4N3O3.C14H11ClF4N2O.CH4/c15-8-6-9(16)7(5-10(8)22(24)25)11-12(14(17,18)19)20-3-1-2-4-21(20)13(11)23;15-8-3-4-9(10(16)7-8)11-12(14(17,18)19)20-5-1-2-6-21(20)13(11)22;/h5-6H,1-4H2;3-4,7H,1-2,5-6H2;1H4. The molecule has 2 aliphatic rings. The maximum atomic E-state index is 14.3. The summed E-state index contributed by atoms with van der Waals surface area (Å²) in [4.78, 5) is 34.8. The Balaban J connectivity index is 0.000000214. The van der Waals surface area contributed by atoms with Crippen LogP contribution in [0.1, 0.15) is 44.5 Å². The van der Waals surface area contributed by atoms with Crippen LogP contribution in [0.15, 0.2) is 39.9 Å². The first-order valence-electron chi connectivity index (χ1n) is 13.8. The SMILES string of the molecule is C.O=c1c(-c2cc([N+](=O)[O-])c(Cl)cc2F)c(C(F)(F)F)n2n1CCCC2.O=c1c(-c2ccc(Cl)cc2F)c(C(F)(F)F)n2n1CCCC2. The molecule has 260 valence electrons. The average Bonchev–Trinajstić information content (AvgIpc) is 3.45. The Morgan fingerprint density at radius 1 is 0.667 bits per heavy atom. The second-order valence-corrected chi connectivity index (χ2v) is 11.5. The van der Waals surface area contributed by atoms with E-state index in [1.54, 1.807) is 0 Å². The van der Waals surface area contributed by atoms with Crippen LogP contribution in [-0.2, 0) is 38.5 Å². The number of hydrogen-bond acceptors (Lipinski definition) is 4. The number of nitro benzene ring substituents is 1. The zero-order valence-corrected chi connectivity index (χ0v) is 25.2. The van der Waals surface area contributed by atoms with Crippen molar-refractivity contribution in [3.63, 3.8) is 0 Å². The second kappa shape index (κ2) is 13.4. The molecule has 0 fully saturated rings. The molecule has 0 radical (unpaired) electrons. The molecule has 0 unspecified atom stereocenters. The van der Waals surface area contributed by atoms with Gasteiger partial charge in [-0.15, -0.1) is 0 Å². The highest BCUT2D eigenvalue weighted by Crippen LogP contribution is 2.41. The van der Waals surface area contributed by atoms with Gasteiger partial charge in [0.2, 0.25) is 0 Å². The van der Waals surface area contributed by atoms with Crippen LogP contribution in [0.3, 0.4) is 0 Å². The van der Waals surface area contributed by atoms with Crippen molar-refractivity contribution in [2.45, 2.75) is 71.6 Å². The summed E-state index contributed by atoms with van der Waals surface area (Å²) in [6.45, 7) is 0.275. The van der Waals surface area contributed by atoms with Gasteiger partial charge in [-0.3, -0.25) is 29.1 Å². The highest BCUT2D eigenvalue weighted by Gasteiger charge is 2.43. The Morgan fingerprint density at radius 3 is 1.50 bits per heavy atom. The maximum absolute atomic E-state index is 14.3. The fraction of sp³-hybridized carbons (Fsp3) is 0.379. The van der Waals surface area contributed by atoms with Gasteiger partial charge in [0, 0.05) is 54.5 Å². The van der Waals surface area contributed by atoms with Crippen LogP contribution in [-0.4, -0.2) is 23.7 Å². The summed E-state index contributed by atoms with van der Waals surface area (Å²) < 4.78 is 113. The molecule has 0 amide bonds. The van der Waals surface area contributed by atoms with E-state index in [1.165, 1.54) is 6.07 Å². The summed E-state index contributed by atoms with van der Waals surface area (Å²) in [5.74, 6) is -2.18. The van der Waals surface area contributed by atoms with E-state index in [0.29, 0.717) is 37.8 Å². The number of aromatic nitrogens is 4. The number of nitrogens with zero attached hydrogens (tertiary/aromatic N) is 5. The van der Waals surface area contributed by atoms with Gasteiger partial charge in [0.15, 0.2) is 11.4 Å².